The Morgan fingerprint density at radius 1 is 1.60 bits per heavy atom. The van der Waals surface area contributed by atoms with Crippen molar-refractivity contribution in [3.05, 3.63) is 34.9 Å². The van der Waals surface area contributed by atoms with Gasteiger partial charge in [-0.1, -0.05) is 17.7 Å². The first-order valence-corrected chi connectivity index (χ1v) is 4.58. The van der Waals surface area contributed by atoms with E-state index >= 15 is 0 Å². The molecule has 4 heteroatoms. The molecule has 0 aliphatic carbocycles. The summed E-state index contributed by atoms with van der Waals surface area (Å²) in [4.78, 5) is 21.7. The van der Waals surface area contributed by atoms with Gasteiger partial charge in [0.05, 0.1) is 5.92 Å². The van der Waals surface area contributed by atoms with Gasteiger partial charge in [0.25, 0.3) is 0 Å². The second kappa shape index (κ2) is 4.70. The molecule has 0 aliphatic heterocycles. The Morgan fingerprint density at radius 2 is 2.27 bits per heavy atom. The number of carbonyl (C=O) groups is 2. The van der Waals surface area contributed by atoms with Gasteiger partial charge in [-0.3, -0.25) is 9.59 Å². The maximum atomic E-state index is 10.9. The monoisotopic (exact) mass is 207 g/mol. The Morgan fingerprint density at radius 3 is 2.73 bits per heavy atom. The van der Waals surface area contributed by atoms with Crippen molar-refractivity contribution in [2.45, 2.75) is 12.8 Å². The molecule has 1 aromatic carbocycles. The largest absolute Gasteiger partial charge is 0.481 e. The average molecular weight is 207 g/mol. The van der Waals surface area contributed by atoms with Gasteiger partial charge in [0.2, 0.25) is 0 Å². The topological polar surface area (TPSA) is 80.4 Å². The Hall–Kier alpha value is -1.68. The Bertz CT molecular complexity index is 387. The molecule has 0 aliphatic rings. The van der Waals surface area contributed by atoms with Gasteiger partial charge in [0.15, 0.2) is 0 Å². The van der Waals surface area contributed by atoms with E-state index in [0.29, 0.717) is 17.4 Å². The third kappa shape index (κ3) is 2.41. The molecule has 15 heavy (non-hydrogen) atoms. The molecular weight excluding hydrogens is 194 g/mol. The van der Waals surface area contributed by atoms with Gasteiger partial charge in [-0.25, -0.2) is 0 Å². The lowest BCUT2D eigenvalue weighted by Crippen LogP contribution is -2.22. The van der Waals surface area contributed by atoms with Crippen LogP contribution in [0.25, 0.3) is 0 Å². The standard InChI is InChI=1S/C11H13NO3/c1-7-2-3-9(8(4-7)6-13)10(5-12)11(14)15/h2-4,6,10H,5,12H2,1H3,(H,14,15). The molecule has 1 aromatic rings. The third-order valence-electron chi connectivity index (χ3n) is 2.28. The van der Waals surface area contributed by atoms with Gasteiger partial charge in [0.1, 0.15) is 6.29 Å². The fourth-order valence-corrected chi connectivity index (χ4v) is 1.47. The molecule has 0 saturated carbocycles. The van der Waals surface area contributed by atoms with Crippen LogP contribution in [0.2, 0.25) is 0 Å². The van der Waals surface area contributed by atoms with E-state index in [0.717, 1.165) is 5.56 Å². The van der Waals surface area contributed by atoms with Crippen LogP contribution in [-0.2, 0) is 4.79 Å². The quantitative estimate of drug-likeness (QED) is 0.720. The number of aldehydes is 1. The molecule has 0 amide bonds. The van der Waals surface area contributed by atoms with Crippen molar-refractivity contribution in [2.24, 2.45) is 5.73 Å². The average Bonchev–Trinajstić information content (AvgIpc) is 2.20. The van der Waals surface area contributed by atoms with Gasteiger partial charge in [-0.15, -0.1) is 0 Å². The van der Waals surface area contributed by atoms with Crippen LogP contribution in [0.1, 0.15) is 27.4 Å². The summed E-state index contributed by atoms with van der Waals surface area (Å²) in [7, 11) is 0. The second-order valence-electron chi connectivity index (χ2n) is 3.38. The number of nitrogens with two attached hydrogens (primary N) is 1. The van der Waals surface area contributed by atoms with Crippen molar-refractivity contribution in [1.82, 2.24) is 0 Å². The van der Waals surface area contributed by atoms with Crippen LogP contribution in [-0.4, -0.2) is 23.9 Å². The van der Waals surface area contributed by atoms with E-state index in [4.69, 9.17) is 10.8 Å². The summed E-state index contributed by atoms with van der Waals surface area (Å²) >= 11 is 0. The normalized spacial score (nSPS) is 12.1. The predicted molar refractivity (Wildman–Crippen MR) is 56.0 cm³/mol. The van der Waals surface area contributed by atoms with Crippen LogP contribution in [0.3, 0.4) is 0 Å². The number of hydrogen-bond acceptors (Lipinski definition) is 3. The number of carbonyl (C=O) groups excluding carboxylic acids is 1. The first kappa shape index (κ1) is 11.4. The molecule has 0 fully saturated rings. The molecule has 0 spiro atoms. The molecule has 1 unspecified atom stereocenters. The molecule has 0 aromatic heterocycles. The number of carboxylic acids is 1. The Kier molecular flexibility index (Phi) is 3.57. The first-order chi connectivity index (χ1) is 7.10. The molecule has 80 valence electrons. The summed E-state index contributed by atoms with van der Waals surface area (Å²) in [6, 6.07) is 5.08. The van der Waals surface area contributed by atoms with E-state index in [9.17, 15) is 9.59 Å². The lowest BCUT2D eigenvalue weighted by Gasteiger charge is -2.12. The van der Waals surface area contributed by atoms with Crippen LogP contribution >= 0.6 is 0 Å². The highest BCUT2D eigenvalue weighted by atomic mass is 16.4. The molecule has 0 heterocycles. The fourth-order valence-electron chi connectivity index (χ4n) is 1.47. The van der Waals surface area contributed by atoms with Crippen molar-refractivity contribution < 1.29 is 14.7 Å². The van der Waals surface area contributed by atoms with Crippen molar-refractivity contribution >= 4 is 12.3 Å². The van der Waals surface area contributed by atoms with Gasteiger partial charge >= 0.3 is 5.97 Å². The van der Waals surface area contributed by atoms with Gasteiger partial charge in [-0.05, 0) is 18.6 Å². The number of benzene rings is 1. The Labute approximate surface area is 87.7 Å². The van der Waals surface area contributed by atoms with E-state index in [1.54, 1.807) is 18.2 Å². The van der Waals surface area contributed by atoms with Crippen LogP contribution < -0.4 is 5.73 Å². The number of rotatable bonds is 4. The van der Waals surface area contributed by atoms with Crippen molar-refractivity contribution in [3.8, 4) is 0 Å². The van der Waals surface area contributed by atoms with Gasteiger partial charge in [-0.2, -0.15) is 0 Å². The number of carboxylic acid groups (broad SMARTS) is 1. The predicted octanol–water partition coefficient (Wildman–Crippen LogP) is 0.934. The molecule has 3 N–H and O–H groups in total. The summed E-state index contributed by atoms with van der Waals surface area (Å²) in [5, 5.41) is 8.92. The highest BCUT2D eigenvalue weighted by molar-refractivity contribution is 5.84. The van der Waals surface area contributed by atoms with E-state index in [1.165, 1.54) is 0 Å². The molecule has 0 radical (unpaired) electrons. The highest BCUT2D eigenvalue weighted by Crippen LogP contribution is 2.19. The molecule has 1 atom stereocenters. The molecule has 0 saturated heterocycles. The summed E-state index contributed by atoms with van der Waals surface area (Å²) < 4.78 is 0. The second-order valence-corrected chi connectivity index (χ2v) is 3.38. The lowest BCUT2D eigenvalue weighted by atomic mass is 9.93. The first-order valence-electron chi connectivity index (χ1n) is 4.58. The summed E-state index contributed by atoms with van der Waals surface area (Å²) in [5.74, 6) is -1.82. The van der Waals surface area contributed by atoms with Gasteiger partial charge < -0.3 is 10.8 Å². The fraction of sp³-hybridized carbons (Fsp3) is 0.273. The molecule has 0 bridgehead atoms. The minimum absolute atomic E-state index is 0.0146. The minimum Gasteiger partial charge on any atom is -0.481 e. The maximum absolute atomic E-state index is 10.9. The van der Waals surface area contributed by atoms with Crippen LogP contribution in [0.5, 0.6) is 0 Å². The molecule has 4 nitrogen and oxygen atoms in total. The SMILES string of the molecule is Cc1ccc(C(CN)C(=O)O)c(C=O)c1. The van der Waals surface area contributed by atoms with Gasteiger partial charge in [0, 0.05) is 12.1 Å². The van der Waals surface area contributed by atoms with Crippen LogP contribution in [0.4, 0.5) is 0 Å². The zero-order chi connectivity index (χ0) is 11.4. The number of aliphatic carboxylic acids is 1. The lowest BCUT2D eigenvalue weighted by molar-refractivity contribution is -0.138. The summed E-state index contributed by atoms with van der Waals surface area (Å²) in [6.07, 6.45) is 0.661. The number of hydrogen-bond donors (Lipinski definition) is 2. The van der Waals surface area contributed by atoms with Crippen LogP contribution in [0.15, 0.2) is 18.2 Å². The van der Waals surface area contributed by atoms with Crippen molar-refractivity contribution in [1.29, 1.82) is 0 Å². The van der Waals surface area contributed by atoms with Crippen molar-refractivity contribution in [3.63, 3.8) is 0 Å². The maximum Gasteiger partial charge on any atom is 0.312 e. The van der Waals surface area contributed by atoms with Crippen LogP contribution in [0, 0.1) is 6.92 Å². The number of aryl methyl sites for hydroxylation is 1. The van der Waals surface area contributed by atoms with E-state index in [1.807, 2.05) is 6.92 Å². The summed E-state index contributed by atoms with van der Waals surface area (Å²) in [6.45, 7) is 1.83. The third-order valence-corrected chi connectivity index (χ3v) is 2.28. The zero-order valence-corrected chi connectivity index (χ0v) is 8.43. The Balaban J connectivity index is 3.22. The summed E-state index contributed by atoms with van der Waals surface area (Å²) in [5.41, 5.74) is 7.16. The smallest absolute Gasteiger partial charge is 0.312 e. The minimum atomic E-state index is -1.01. The molecule has 1 rings (SSSR count). The van der Waals surface area contributed by atoms with Crippen molar-refractivity contribution in [2.75, 3.05) is 6.54 Å². The highest BCUT2D eigenvalue weighted by Gasteiger charge is 2.20. The van der Waals surface area contributed by atoms with E-state index in [2.05, 4.69) is 0 Å². The zero-order valence-electron chi connectivity index (χ0n) is 8.43. The van der Waals surface area contributed by atoms with E-state index < -0.39 is 11.9 Å². The molecular formula is C11H13NO3. The van der Waals surface area contributed by atoms with E-state index in [-0.39, 0.29) is 6.54 Å².